The van der Waals surface area contributed by atoms with Gasteiger partial charge in [0, 0.05) is 14.7 Å². The molecule has 0 spiro atoms. The molecule has 0 aliphatic heterocycles. The zero-order chi connectivity index (χ0) is 13.4. The summed E-state index contributed by atoms with van der Waals surface area (Å²) in [4.78, 5) is 5.50. The van der Waals surface area contributed by atoms with E-state index in [0.29, 0.717) is 23.4 Å². The van der Waals surface area contributed by atoms with Crippen LogP contribution in [0.25, 0.3) is 11.0 Å². The molecule has 3 aromatic rings. The van der Waals surface area contributed by atoms with Gasteiger partial charge in [-0.15, -0.1) is 22.9 Å². The molecule has 0 N–H and O–H groups in total. The van der Waals surface area contributed by atoms with Gasteiger partial charge in [-0.3, -0.25) is 0 Å². The summed E-state index contributed by atoms with van der Waals surface area (Å²) in [5.41, 5.74) is 1.16. The molecular formula is C13H9BrClFN2S. The summed E-state index contributed by atoms with van der Waals surface area (Å²) in [5, 5.41) is 2.01. The Kier molecular flexibility index (Phi) is 3.60. The first kappa shape index (κ1) is 13.1. The molecule has 0 fully saturated rings. The summed E-state index contributed by atoms with van der Waals surface area (Å²) < 4.78 is 16.9. The molecule has 0 bridgehead atoms. The second-order valence-electron chi connectivity index (χ2n) is 4.09. The van der Waals surface area contributed by atoms with E-state index in [1.807, 2.05) is 16.0 Å². The minimum Gasteiger partial charge on any atom is -0.319 e. The van der Waals surface area contributed by atoms with Crippen molar-refractivity contribution < 1.29 is 4.39 Å². The molecule has 0 radical (unpaired) electrons. The van der Waals surface area contributed by atoms with Gasteiger partial charge < -0.3 is 4.57 Å². The zero-order valence-electron chi connectivity index (χ0n) is 9.74. The van der Waals surface area contributed by atoms with Crippen LogP contribution in [0.3, 0.4) is 0 Å². The number of fused-ring (bicyclic) bond motifs is 1. The Morgan fingerprint density at radius 1 is 1.42 bits per heavy atom. The SMILES string of the molecule is Fc1cccc2nc(CCl)n(Cc3cc(Br)cs3)c12. The topological polar surface area (TPSA) is 17.8 Å². The van der Waals surface area contributed by atoms with Crippen molar-refractivity contribution in [2.45, 2.75) is 12.4 Å². The Morgan fingerprint density at radius 3 is 2.95 bits per heavy atom. The highest BCUT2D eigenvalue weighted by molar-refractivity contribution is 9.10. The number of thiophene rings is 1. The van der Waals surface area contributed by atoms with Gasteiger partial charge in [0.25, 0.3) is 0 Å². The van der Waals surface area contributed by atoms with E-state index in [2.05, 4.69) is 20.9 Å². The second-order valence-corrected chi connectivity index (χ2v) is 6.27. The summed E-state index contributed by atoms with van der Waals surface area (Å²) in [6.45, 7) is 0.579. The Balaban J connectivity index is 2.15. The standard InChI is InChI=1S/C13H9BrClFN2S/c14-8-4-9(19-7-8)6-18-12(5-15)17-11-3-1-2-10(16)13(11)18/h1-4,7H,5-6H2. The van der Waals surface area contributed by atoms with Crippen LogP contribution in [0.4, 0.5) is 4.39 Å². The first-order valence-corrected chi connectivity index (χ1v) is 7.82. The Morgan fingerprint density at radius 2 is 2.26 bits per heavy atom. The molecule has 2 heterocycles. The molecule has 2 aromatic heterocycles. The van der Waals surface area contributed by atoms with E-state index in [0.717, 1.165) is 9.35 Å². The maximum absolute atomic E-state index is 14.0. The molecule has 2 nitrogen and oxygen atoms in total. The predicted molar refractivity (Wildman–Crippen MR) is 80.4 cm³/mol. The molecule has 0 saturated heterocycles. The van der Waals surface area contributed by atoms with Gasteiger partial charge in [0.05, 0.1) is 17.9 Å². The molecule has 0 atom stereocenters. The van der Waals surface area contributed by atoms with E-state index < -0.39 is 0 Å². The number of hydrogen-bond acceptors (Lipinski definition) is 2. The average molecular weight is 360 g/mol. The minimum atomic E-state index is -0.267. The highest BCUT2D eigenvalue weighted by Gasteiger charge is 2.14. The van der Waals surface area contributed by atoms with Crippen LogP contribution in [0, 0.1) is 5.82 Å². The van der Waals surface area contributed by atoms with Gasteiger partial charge in [-0.05, 0) is 34.1 Å². The lowest BCUT2D eigenvalue weighted by molar-refractivity contribution is 0.626. The molecule has 1 aromatic carbocycles. The highest BCUT2D eigenvalue weighted by atomic mass is 79.9. The van der Waals surface area contributed by atoms with Crippen LogP contribution in [0.5, 0.6) is 0 Å². The molecule has 6 heteroatoms. The summed E-state index contributed by atoms with van der Waals surface area (Å²) in [6, 6.07) is 6.93. The minimum absolute atomic E-state index is 0.265. The first-order chi connectivity index (χ1) is 9.19. The van der Waals surface area contributed by atoms with Crippen LogP contribution < -0.4 is 0 Å². The molecule has 3 rings (SSSR count). The van der Waals surface area contributed by atoms with Crippen LogP contribution in [-0.2, 0) is 12.4 Å². The third-order valence-electron chi connectivity index (χ3n) is 2.85. The Labute approximate surface area is 127 Å². The van der Waals surface area contributed by atoms with Crippen LogP contribution in [0.15, 0.2) is 34.1 Å². The van der Waals surface area contributed by atoms with Gasteiger partial charge in [0.15, 0.2) is 0 Å². The van der Waals surface area contributed by atoms with Crippen LogP contribution in [0.1, 0.15) is 10.7 Å². The fourth-order valence-corrected chi connectivity index (χ4v) is 3.70. The predicted octanol–water partition coefficient (Wildman–Crippen LogP) is 4.79. The fraction of sp³-hybridized carbons (Fsp3) is 0.154. The van der Waals surface area contributed by atoms with E-state index >= 15 is 0 Å². The molecule has 0 saturated carbocycles. The molecule has 19 heavy (non-hydrogen) atoms. The van der Waals surface area contributed by atoms with E-state index in [1.165, 1.54) is 6.07 Å². The van der Waals surface area contributed by atoms with Gasteiger partial charge in [-0.1, -0.05) is 6.07 Å². The quantitative estimate of drug-likeness (QED) is 0.615. The van der Waals surface area contributed by atoms with Crippen LogP contribution >= 0.6 is 38.9 Å². The van der Waals surface area contributed by atoms with Crippen molar-refractivity contribution in [3.8, 4) is 0 Å². The van der Waals surface area contributed by atoms with Crippen molar-refractivity contribution in [3.63, 3.8) is 0 Å². The normalized spacial score (nSPS) is 11.3. The largest absolute Gasteiger partial charge is 0.319 e. The lowest BCUT2D eigenvalue weighted by Crippen LogP contribution is -2.03. The molecule has 0 aliphatic carbocycles. The smallest absolute Gasteiger partial charge is 0.149 e. The lowest BCUT2D eigenvalue weighted by atomic mass is 10.3. The van der Waals surface area contributed by atoms with Gasteiger partial charge in [0.1, 0.15) is 17.2 Å². The Hall–Kier alpha value is -0.910. The van der Waals surface area contributed by atoms with Gasteiger partial charge in [-0.25, -0.2) is 9.37 Å². The van der Waals surface area contributed by atoms with Crippen LogP contribution in [-0.4, -0.2) is 9.55 Å². The number of para-hydroxylation sites is 1. The molecule has 0 aliphatic rings. The first-order valence-electron chi connectivity index (χ1n) is 5.61. The summed E-state index contributed by atoms with van der Waals surface area (Å²) >= 11 is 11.0. The van der Waals surface area contributed by atoms with E-state index in [1.54, 1.807) is 23.5 Å². The van der Waals surface area contributed by atoms with E-state index in [-0.39, 0.29) is 11.7 Å². The van der Waals surface area contributed by atoms with Gasteiger partial charge in [0.2, 0.25) is 0 Å². The number of aromatic nitrogens is 2. The van der Waals surface area contributed by atoms with Crippen molar-refractivity contribution in [2.75, 3.05) is 0 Å². The van der Waals surface area contributed by atoms with Crippen molar-refractivity contribution in [2.24, 2.45) is 0 Å². The van der Waals surface area contributed by atoms with E-state index in [9.17, 15) is 4.39 Å². The molecule has 98 valence electrons. The van der Waals surface area contributed by atoms with Crippen molar-refractivity contribution in [1.82, 2.24) is 9.55 Å². The number of hydrogen-bond donors (Lipinski definition) is 0. The maximum atomic E-state index is 14.0. The van der Waals surface area contributed by atoms with Crippen LogP contribution in [0.2, 0.25) is 0 Å². The zero-order valence-corrected chi connectivity index (χ0v) is 12.9. The number of nitrogens with zero attached hydrogens (tertiary/aromatic N) is 2. The van der Waals surface area contributed by atoms with Crippen molar-refractivity contribution >= 4 is 49.9 Å². The lowest BCUT2D eigenvalue weighted by Gasteiger charge is -2.06. The fourth-order valence-electron chi connectivity index (χ4n) is 2.05. The number of halogens is 3. The Bertz CT molecular complexity index is 737. The highest BCUT2D eigenvalue weighted by Crippen LogP contribution is 2.25. The third-order valence-corrected chi connectivity index (χ3v) is 4.77. The molecular weight excluding hydrogens is 351 g/mol. The molecule has 0 unspecified atom stereocenters. The second kappa shape index (κ2) is 5.23. The average Bonchev–Trinajstić information content (AvgIpc) is 2.95. The number of imidazole rings is 1. The van der Waals surface area contributed by atoms with Crippen molar-refractivity contribution in [1.29, 1.82) is 0 Å². The summed E-state index contributed by atoms with van der Waals surface area (Å²) in [5.74, 6) is 0.684. The summed E-state index contributed by atoms with van der Waals surface area (Å²) in [6.07, 6.45) is 0. The van der Waals surface area contributed by atoms with Gasteiger partial charge in [-0.2, -0.15) is 0 Å². The number of rotatable bonds is 3. The third kappa shape index (κ3) is 2.42. The molecule has 0 amide bonds. The maximum Gasteiger partial charge on any atom is 0.149 e. The monoisotopic (exact) mass is 358 g/mol. The van der Waals surface area contributed by atoms with Gasteiger partial charge >= 0.3 is 0 Å². The van der Waals surface area contributed by atoms with Crippen molar-refractivity contribution in [3.05, 3.63) is 50.6 Å². The summed E-state index contributed by atoms with van der Waals surface area (Å²) in [7, 11) is 0. The number of alkyl halides is 1. The van der Waals surface area contributed by atoms with E-state index in [4.69, 9.17) is 11.6 Å². The number of benzene rings is 1.